The lowest BCUT2D eigenvalue weighted by Gasteiger charge is -2.22. The van der Waals surface area contributed by atoms with Crippen molar-refractivity contribution in [2.24, 2.45) is 0 Å². The van der Waals surface area contributed by atoms with E-state index in [1.807, 2.05) is 42.5 Å². The van der Waals surface area contributed by atoms with E-state index < -0.39 is 17.1 Å². The number of thioether (sulfide) groups is 1. The molecule has 3 aromatic rings. The van der Waals surface area contributed by atoms with Gasteiger partial charge in [-0.3, -0.25) is 19.8 Å². The average molecular weight is 496 g/mol. The molecule has 0 radical (unpaired) electrons. The molecule has 0 aliphatic carbocycles. The van der Waals surface area contributed by atoms with Gasteiger partial charge in [0, 0.05) is 33.4 Å². The zero-order chi connectivity index (χ0) is 23.9. The Morgan fingerprint density at radius 1 is 1.03 bits per heavy atom. The third kappa shape index (κ3) is 6.09. The Morgan fingerprint density at radius 3 is 2.32 bits per heavy atom. The van der Waals surface area contributed by atoms with E-state index in [0.717, 1.165) is 15.4 Å². The number of hydrogen-bond donors (Lipinski definition) is 1. The van der Waals surface area contributed by atoms with Crippen LogP contribution in [-0.2, 0) is 16.1 Å². The van der Waals surface area contributed by atoms with E-state index in [2.05, 4.69) is 5.32 Å². The van der Waals surface area contributed by atoms with Crippen LogP contribution in [0.2, 0.25) is 0 Å². The first-order valence-electron chi connectivity index (χ1n) is 10.4. The predicted molar refractivity (Wildman–Crippen MR) is 132 cm³/mol. The number of hydrogen-bond acceptors (Lipinski definition) is 7. The van der Waals surface area contributed by atoms with Gasteiger partial charge in [0.25, 0.3) is 5.69 Å². The van der Waals surface area contributed by atoms with E-state index in [1.165, 1.54) is 40.6 Å². The summed E-state index contributed by atoms with van der Waals surface area (Å²) in [6.07, 6.45) is -0.510. The van der Waals surface area contributed by atoms with Crippen molar-refractivity contribution >= 4 is 46.9 Å². The highest BCUT2D eigenvalue weighted by atomic mass is 32.2. The third-order valence-corrected chi connectivity index (χ3v) is 7.06. The number of nitrogens with one attached hydrogen (secondary N) is 1. The van der Waals surface area contributed by atoms with Gasteiger partial charge in [-0.2, -0.15) is 0 Å². The molecule has 1 fully saturated rings. The summed E-state index contributed by atoms with van der Waals surface area (Å²) in [6.45, 7) is 0.156. The van der Waals surface area contributed by atoms with Crippen LogP contribution < -0.4 is 5.32 Å². The molecular formula is C24H21N3O5S2. The molecule has 34 heavy (non-hydrogen) atoms. The maximum atomic E-state index is 12.8. The summed E-state index contributed by atoms with van der Waals surface area (Å²) in [7, 11) is 0. The highest BCUT2D eigenvalue weighted by molar-refractivity contribution is 7.99. The number of carbonyl (C=O) groups excluding carboxylic acids is 2. The van der Waals surface area contributed by atoms with Crippen molar-refractivity contribution in [3.63, 3.8) is 0 Å². The maximum absolute atomic E-state index is 12.8. The molecule has 8 nitrogen and oxygen atoms in total. The number of benzene rings is 3. The number of rotatable bonds is 7. The summed E-state index contributed by atoms with van der Waals surface area (Å²) in [5, 5.41) is 13.6. The lowest BCUT2D eigenvalue weighted by molar-refractivity contribution is -0.384. The lowest BCUT2D eigenvalue weighted by atomic mass is 10.2. The van der Waals surface area contributed by atoms with Gasteiger partial charge in [-0.25, -0.2) is 4.79 Å². The summed E-state index contributed by atoms with van der Waals surface area (Å²) < 4.78 is 5.39. The van der Waals surface area contributed by atoms with E-state index in [9.17, 15) is 19.7 Å². The van der Waals surface area contributed by atoms with Crippen LogP contribution in [0.4, 0.5) is 16.2 Å². The van der Waals surface area contributed by atoms with E-state index in [4.69, 9.17) is 4.74 Å². The maximum Gasteiger partial charge on any atom is 0.411 e. The van der Waals surface area contributed by atoms with Crippen molar-refractivity contribution in [2.45, 2.75) is 22.4 Å². The molecule has 1 aliphatic heterocycles. The molecule has 10 heteroatoms. The first kappa shape index (κ1) is 23.7. The van der Waals surface area contributed by atoms with Crippen LogP contribution in [0.1, 0.15) is 5.56 Å². The van der Waals surface area contributed by atoms with Crippen molar-refractivity contribution in [3.05, 3.63) is 94.5 Å². The first-order chi connectivity index (χ1) is 16.5. The van der Waals surface area contributed by atoms with Crippen molar-refractivity contribution < 1.29 is 19.2 Å². The van der Waals surface area contributed by atoms with Gasteiger partial charge in [0.15, 0.2) is 0 Å². The summed E-state index contributed by atoms with van der Waals surface area (Å²) in [4.78, 5) is 39.0. The number of amides is 2. The summed E-state index contributed by atoms with van der Waals surface area (Å²) in [5.41, 5.74) is 1.55. The van der Waals surface area contributed by atoms with E-state index in [1.54, 1.807) is 24.3 Å². The highest BCUT2D eigenvalue weighted by Gasteiger charge is 2.35. The minimum absolute atomic E-state index is 0.0467. The smallest absolute Gasteiger partial charge is 0.411 e. The highest BCUT2D eigenvalue weighted by Crippen LogP contribution is 2.30. The van der Waals surface area contributed by atoms with Crippen LogP contribution in [0.5, 0.6) is 0 Å². The van der Waals surface area contributed by atoms with Crippen LogP contribution in [0.3, 0.4) is 0 Å². The third-order valence-electron chi connectivity index (χ3n) is 5.03. The van der Waals surface area contributed by atoms with Crippen molar-refractivity contribution in [2.75, 3.05) is 16.9 Å². The minimum Gasteiger partial charge on any atom is -0.445 e. The molecule has 174 valence electrons. The second-order valence-corrected chi connectivity index (χ2v) is 9.54. The summed E-state index contributed by atoms with van der Waals surface area (Å²) in [5.74, 6) is 0.633. The molecule has 1 heterocycles. The molecule has 2 amide bonds. The van der Waals surface area contributed by atoms with Gasteiger partial charge in [-0.05, 0) is 42.0 Å². The molecule has 1 saturated heterocycles. The number of non-ortho nitro benzene ring substituents is 1. The topological polar surface area (TPSA) is 102 Å². The Hall–Kier alpha value is -3.50. The second-order valence-electron chi connectivity index (χ2n) is 7.39. The number of carbonyl (C=O) groups is 2. The fourth-order valence-electron chi connectivity index (χ4n) is 3.25. The largest absolute Gasteiger partial charge is 0.445 e. The number of nitrogens with zero attached hydrogens (tertiary/aromatic N) is 2. The van der Waals surface area contributed by atoms with Crippen LogP contribution in [-0.4, -0.2) is 39.5 Å². The van der Waals surface area contributed by atoms with Crippen molar-refractivity contribution in [1.29, 1.82) is 0 Å². The Balaban J connectivity index is 1.31. The summed E-state index contributed by atoms with van der Waals surface area (Å²) in [6, 6.07) is 22.4. The number of anilines is 1. The molecule has 1 aliphatic rings. The van der Waals surface area contributed by atoms with E-state index in [0.29, 0.717) is 17.3 Å². The van der Waals surface area contributed by atoms with Crippen molar-refractivity contribution in [1.82, 2.24) is 4.90 Å². The Labute approximate surface area is 204 Å². The SMILES string of the molecule is O=C(Nc1ccc(Sc2ccc([N+](=O)[O-])cc2)cc1)[C@H]1CSCN1C(=O)OCc1ccccc1. The van der Waals surface area contributed by atoms with Crippen LogP contribution in [0, 0.1) is 10.1 Å². The number of ether oxygens (including phenoxy) is 1. The molecular weight excluding hydrogens is 474 g/mol. The molecule has 0 spiro atoms. The number of nitro groups is 1. The fraction of sp³-hybridized carbons (Fsp3) is 0.167. The molecule has 0 unspecified atom stereocenters. The zero-order valence-electron chi connectivity index (χ0n) is 18.0. The van der Waals surface area contributed by atoms with Crippen LogP contribution in [0.25, 0.3) is 0 Å². The second kappa shape index (κ2) is 11.1. The predicted octanol–water partition coefficient (Wildman–Crippen LogP) is 5.40. The monoisotopic (exact) mass is 495 g/mol. The standard InChI is InChI=1S/C24H21N3O5S2/c28-23(22-15-33-16-26(22)24(29)32-14-17-4-2-1-3-5-17)25-18-6-10-20(11-7-18)34-21-12-8-19(9-13-21)27(30)31/h1-13,22H,14-16H2,(H,25,28)/t22-/m1/s1. The summed E-state index contributed by atoms with van der Waals surface area (Å²) >= 11 is 2.97. The average Bonchev–Trinajstić information content (AvgIpc) is 3.35. The van der Waals surface area contributed by atoms with Gasteiger partial charge in [0.2, 0.25) is 5.91 Å². The van der Waals surface area contributed by atoms with Gasteiger partial charge >= 0.3 is 6.09 Å². The van der Waals surface area contributed by atoms with Gasteiger partial charge < -0.3 is 10.1 Å². The van der Waals surface area contributed by atoms with Gasteiger partial charge in [0.1, 0.15) is 12.6 Å². The van der Waals surface area contributed by atoms with Crippen LogP contribution in [0.15, 0.2) is 88.7 Å². The molecule has 3 aromatic carbocycles. The molecule has 1 N–H and O–H groups in total. The Bertz CT molecular complexity index is 1160. The van der Waals surface area contributed by atoms with E-state index in [-0.39, 0.29) is 18.2 Å². The molecule has 0 saturated carbocycles. The van der Waals surface area contributed by atoms with Gasteiger partial charge in [-0.1, -0.05) is 42.1 Å². The molecule has 4 rings (SSSR count). The molecule has 0 bridgehead atoms. The normalized spacial score (nSPS) is 15.1. The molecule has 0 aromatic heterocycles. The van der Waals surface area contributed by atoms with Crippen molar-refractivity contribution in [3.8, 4) is 0 Å². The van der Waals surface area contributed by atoms with Gasteiger partial charge in [-0.15, -0.1) is 11.8 Å². The van der Waals surface area contributed by atoms with Crippen LogP contribution >= 0.6 is 23.5 Å². The Kier molecular flexibility index (Phi) is 7.71. The lowest BCUT2D eigenvalue weighted by Crippen LogP contribution is -2.44. The zero-order valence-corrected chi connectivity index (χ0v) is 19.6. The quantitative estimate of drug-likeness (QED) is 0.346. The minimum atomic E-state index is -0.609. The molecule has 1 atom stereocenters. The van der Waals surface area contributed by atoms with E-state index >= 15 is 0 Å². The number of nitro benzene ring substituents is 1. The van der Waals surface area contributed by atoms with Gasteiger partial charge in [0.05, 0.1) is 10.8 Å². The Morgan fingerprint density at radius 2 is 1.68 bits per heavy atom. The first-order valence-corrected chi connectivity index (χ1v) is 12.3. The fourth-order valence-corrected chi connectivity index (χ4v) is 5.20.